The fourth-order valence-electron chi connectivity index (χ4n) is 0.604. The van der Waals surface area contributed by atoms with Gasteiger partial charge < -0.3 is 4.90 Å². The molecule has 0 aliphatic heterocycles. The minimum atomic E-state index is 0.917. The van der Waals surface area contributed by atoms with Crippen LogP contribution in [0.2, 0.25) is 0 Å². The van der Waals surface area contributed by atoms with Crippen molar-refractivity contribution in [1.82, 2.24) is 9.27 Å². The lowest BCUT2D eigenvalue weighted by Gasteiger charge is -2.04. The van der Waals surface area contributed by atoms with Gasteiger partial charge in [-0.3, -0.25) is 0 Å². The van der Waals surface area contributed by atoms with Gasteiger partial charge >= 0.3 is 0 Å². The van der Waals surface area contributed by atoms with Crippen molar-refractivity contribution in [3.8, 4) is 0 Å². The number of nitrogens with zero attached hydrogens (tertiary/aromatic N) is 2. The first kappa shape index (κ1) is 6.71. The van der Waals surface area contributed by atoms with Gasteiger partial charge in [0, 0.05) is 6.54 Å². The van der Waals surface area contributed by atoms with E-state index in [0.717, 1.165) is 12.2 Å². The monoisotopic (exact) mass is 141 g/mol. The van der Waals surface area contributed by atoms with Crippen LogP contribution < -0.4 is 0 Å². The highest BCUT2D eigenvalue weighted by Gasteiger charge is 1.94. The molecule has 0 amide bonds. The summed E-state index contributed by atoms with van der Waals surface area (Å²) in [6.07, 6.45) is 0. The highest BCUT2D eigenvalue weighted by atomic mass is 32.1. The zero-order chi connectivity index (χ0) is 6.69. The van der Waals surface area contributed by atoms with E-state index in [-0.39, 0.29) is 0 Å². The molecule has 0 bridgehead atoms. The maximum Gasteiger partial charge on any atom is 0.0688 e. The van der Waals surface area contributed by atoms with Crippen molar-refractivity contribution < 1.29 is 0 Å². The van der Waals surface area contributed by atoms with E-state index < -0.39 is 0 Å². The molecule has 1 aromatic rings. The second-order valence-electron chi connectivity index (χ2n) is 2.17. The van der Waals surface area contributed by atoms with Crippen molar-refractivity contribution in [2.45, 2.75) is 6.54 Å². The third-order valence-corrected chi connectivity index (χ3v) is 1.47. The summed E-state index contributed by atoms with van der Waals surface area (Å²) in [5, 5.41) is 2.94. The average Bonchev–Trinajstić information content (AvgIpc) is 2.15. The Labute approximate surface area is 59.3 Å². The maximum absolute atomic E-state index is 4.10. The van der Waals surface area contributed by atoms with Crippen LogP contribution in [0.25, 0.3) is 0 Å². The summed E-state index contributed by atoms with van der Waals surface area (Å²) < 4.78 is 4.10. The van der Waals surface area contributed by atoms with Crippen molar-refractivity contribution in [2.75, 3.05) is 14.1 Å². The standard InChI is InChI=1S/C6H9N2S/c1-8(2)5-6-3-4-9-7-6/h3H,5H2,1-2H3. The maximum atomic E-state index is 4.10. The van der Waals surface area contributed by atoms with Crippen LogP contribution in [0.15, 0.2) is 6.07 Å². The van der Waals surface area contributed by atoms with Gasteiger partial charge in [-0.05, 0) is 31.7 Å². The third-order valence-electron chi connectivity index (χ3n) is 0.919. The zero-order valence-electron chi connectivity index (χ0n) is 5.59. The smallest absolute Gasteiger partial charge is 0.0688 e. The lowest BCUT2D eigenvalue weighted by molar-refractivity contribution is 0.398. The summed E-state index contributed by atoms with van der Waals surface area (Å²) in [6.45, 7) is 0.917. The van der Waals surface area contributed by atoms with Crippen molar-refractivity contribution >= 4 is 11.5 Å². The zero-order valence-corrected chi connectivity index (χ0v) is 6.40. The van der Waals surface area contributed by atoms with Crippen LogP contribution in [0, 0.1) is 5.38 Å². The minimum Gasteiger partial charge on any atom is -0.304 e. The van der Waals surface area contributed by atoms with Crippen LogP contribution in [0.1, 0.15) is 5.69 Å². The molecule has 0 fully saturated rings. The second-order valence-corrected chi connectivity index (χ2v) is 2.77. The molecule has 0 saturated carbocycles. The lowest BCUT2D eigenvalue weighted by atomic mass is 10.4. The normalized spacial score (nSPS) is 10.6. The molecule has 0 aliphatic rings. The molecular weight excluding hydrogens is 132 g/mol. The van der Waals surface area contributed by atoms with Crippen molar-refractivity contribution in [3.63, 3.8) is 0 Å². The molecule has 0 saturated heterocycles. The minimum absolute atomic E-state index is 0.917. The molecule has 49 valence electrons. The molecule has 0 atom stereocenters. The fourth-order valence-corrected chi connectivity index (χ4v) is 1.07. The molecule has 2 nitrogen and oxygen atoms in total. The first-order valence-electron chi connectivity index (χ1n) is 2.75. The van der Waals surface area contributed by atoms with E-state index in [1.54, 1.807) is 0 Å². The van der Waals surface area contributed by atoms with E-state index in [9.17, 15) is 0 Å². The number of aromatic nitrogens is 1. The predicted molar refractivity (Wildman–Crippen MR) is 38.3 cm³/mol. The Morgan fingerprint density at radius 1 is 1.78 bits per heavy atom. The van der Waals surface area contributed by atoms with Crippen LogP contribution in [-0.2, 0) is 6.54 Å². The molecule has 1 rings (SSSR count). The van der Waals surface area contributed by atoms with Gasteiger partial charge in [-0.2, -0.15) is 4.37 Å². The molecule has 1 radical (unpaired) electrons. The summed E-state index contributed by atoms with van der Waals surface area (Å²) in [5.74, 6) is 0. The number of hydrogen-bond donors (Lipinski definition) is 0. The van der Waals surface area contributed by atoms with E-state index in [1.807, 2.05) is 20.2 Å². The Morgan fingerprint density at radius 2 is 2.56 bits per heavy atom. The molecule has 0 unspecified atom stereocenters. The molecule has 3 heteroatoms. The third kappa shape index (κ3) is 2.11. The highest BCUT2D eigenvalue weighted by Crippen LogP contribution is 1.99. The number of hydrogen-bond acceptors (Lipinski definition) is 3. The van der Waals surface area contributed by atoms with E-state index in [2.05, 4.69) is 14.7 Å². The summed E-state index contributed by atoms with van der Waals surface area (Å²) in [5.41, 5.74) is 1.10. The molecule has 1 heterocycles. The van der Waals surface area contributed by atoms with Gasteiger partial charge in [-0.25, -0.2) is 0 Å². The summed E-state index contributed by atoms with van der Waals surface area (Å²) in [7, 11) is 4.05. The second kappa shape index (κ2) is 2.94. The van der Waals surface area contributed by atoms with Gasteiger partial charge in [-0.15, -0.1) is 0 Å². The van der Waals surface area contributed by atoms with Crippen LogP contribution in [0.5, 0.6) is 0 Å². The largest absolute Gasteiger partial charge is 0.304 e. The van der Waals surface area contributed by atoms with Crippen LogP contribution >= 0.6 is 11.5 Å². The van der Waals surface area contributed by atoms with E-state index in [1.165, 1.54) is 11.5 Å². The van der Waals surface area contributed by atoms with Gasteiger partial charge in [0.25, 0.3) is 0 Å². The Kier molecular flexibility index (Phi) is 2.19. The topological polar surface area (TPSA) is 16.1 Å². The van der Waals surface area contributed by atoms with Gasteiger partial charge in [0.05, 0.1) is 11.1 Å². The summed E-state index contributed by atoms with van der Waals surface area (Å²) in [6, 6.07) is 1.92. The molecule has 0 aliphatic carbocycles. The molecule has 0 aromatic carbocycles. The van der Waals surface area contributed by atoms with Crippen LogP contribution in [-0.4, -0.2) is 23.4 Å². The van der Waals surface area contributed by atoms with E-state index in [4.69, 9.17) is 0 Å². The quantitative estimate of drug-likeness (QED) is 0.611. The molecule has 9 heavy (non-hydrogen) atoms. The van der Waals surface area contributed by atoms with Gasteiger partial charge in [0.2, 0.25) is 0 Å². The first-order valence-corrected chi connectivity index (χ1v) is 3.53. The lowest BCUT2D eigenvalue weighted by Crippen LogP contribution is -2.10. The van der Waals surface area contributed by atoms with Crippen molar-refractivity contribution in [3.05, 3.63) is 17.1 Å². The summed E-state index contributed by atoms with van der Waals surface area (Å²) >= 11 is 1.38. The van der Waals surface area contributed by atoms with Crippen molar-refractivity contribution in [1.29, 1.82) is 0 Å². The Balaban J connectivity index is 2.48. The van der Waals surface area contributed by atoms with E-state index in [0.29, 0.717) is 0 Å². The molecule has 1 aromatic heterocycles. The molecule has 0 N–H and O–H groups in total. The first-order chi connectivity index (χ1) is 4.29. The van der Waals surface area contributed by atoms with Gasteiger partial charge in [0.1, 0.15) is 0 Å². The van der Waals surface area contributed by atoms with E-state index >= 15 is 0 Å². The highest BCUT2D eigenvalue weighted by molar-refractivity contribution is 7.03. The Morgan fingerprint density at radius 3 is 3.00 bits per heavy atom. The Bertz CT molecular complexity index is 158. The fraction of sp³-hybridized carbons (Fsp3) is 0.500. The van der Waals surface area contributed by atoms with Crippen molar-refractivity contribution in [2.24, 2.45) is 0 Å². The molecule has 0 spiro atoms. The number of rotatable bonds is 2. The SMILES string of the molecule is CN(C)Cc1c[c]sn1. The average molecular weight is 141 g/mol. The van der Waals surface area contributed by atoms with Gasteiger partial charge in [-0.1, -0.05) is 0 Å². The predicted octanol–water partition coefficient (Wildman–Crippen LogP) is 1.00. The summed E-state index contributed by atoms with van der Waals surface area (Å²) in [4.78, 5) is 2.09. The van der Waals surface area contributed by atoms with Crippen LogP contribution in [0.3, 0.4) is 0 Å². The molecular formula is C6H9N2S. The Hall–Kier alpha value is -0.410. The van der Waals surface area contributed by atoms with Crippen LogP contribution in [0.4, 0.5) is 0 Å². The van der Waals surface area contributed by atoms with Gasteiger partial charge in [0.15, 0.2) is 0 Å².